The number of aliphatic imine (C=N–C) groups is 1. The quantitative estimate of drug-likeness (QED) is 0.454. The van der Waals surface area contributed by atoms with Gasteiger partial charge in [0.2, 0.25) is 0 Å². The molecular weight excluding hydrogens is 405 g/mol. The summed E-state index contributed by atoms with van der Waals surface area (Å²) in [5.74, 6) is 1.42. The second-order valence-electron chi connectivity index (χ2n) is 8.27. The van der Waals surface area contributed by atoms with Crippen molar-refractivity contribution in [3.05, 3.63) is 78.0 Å². The molecule has 2 N–H and O–H groups in total. The van der Waals surface area contributed by atoms with E-state index in [0.29, 0.717) is 26.3 Å². The molecule has 0 saturated carbocycles. The third kappa shape index (κ3) is 4.99. The zero-order valence-corrected chi connectivity index (χ0v) is 18.6. The van der Waals surface area contributed by atoms with Crippen LogP contribution in [0.3, 0.4) is 0 Å². The number of halogens is 1. The molecule has 0 bridgehead atoms. The van der Waals surface area contributed by atoms with Crippen LogP contribution in [0.2, 0.25) is 0 Å². The molecule has 6 nitrogen and oxygen atoms in total. The van der Waals surface area contributed by atoms with Gasteiger partial charge in [-0.25, -0.2) is 9.37 Å². The van der Waals surface area contributed by atoms with Gasteiger partial charge in [0.25, 0.3) is 0 Å². The first kappa shape index (κ1) is 22.0. The third-order valence-electron chi connectivity index (χ3n) is 6.15. The van der Waals surface area contributed by atoms with Crippen molar-refractivity contribution in [2.75, 3.05) is 33.9 Å². The molecule has 4 rings (SSSR count). The van der Waals surface area contributed by atoms with Crippen molar-refractivity contribution in [2.24, 2.45) is 4.99 Å². The Hall–Kier alpha value is -3.19. The van der Waals surface area contributed by atoms with Crippen molar-refractivity contribution < 1.29 is 9.13 Å². The van der Waals surface area contributed by atoms with E-state index >= 15 is 0 Å². The second-order valence-corrected chi connectivity index (χ2v) is 8.27. The highest BCUT2D eigenvalue weighted by Crippen LogP contribution is 2.34. The van der Waals surface area contributed by atoms with Crippen LogP contribution in [-0.2, 0) is 16.7 Å². The fourth-order valence-corrected chi connectivity index (χ4v) is 4.29. The Kier molecular flexibility index (Phi) is 6.85. The lowest BCUT2D eigenvalue weighted by atomic mass is 9.74. The molecule has 1 aliphatic heterocycles. The SMILES string of the molecule is CN=C(NCC1(c2cccc(F)c2)CCOCC1)N(C)Cc1ncc(-c2ccccc2)[nH]1. The van der Waals surface area contributed by atoms with E-state index in [1.165, 1.54) is 6.07 Å². The van der Waals surface area contributed by atoms with E-state index in [1.807, 2.05) is 42.4 Å². The van der Waals surface area contributed by atoms with Crippen LogP contribution in [0.1, 0.15) is 24.2 Å². The van der Waals surface area contributed by atoms with E-state index in [1.54, 1.807) is 19.2 Å². The molecule has 1 aliphatic rings. The van der Waals surface area contributed by atoms with Crippen LogP contribution in [0.5, 0.6) is 0 Å². The number of hydrogen-bond acceptors (Lipinski definition) is 3. The van der Waals surface area contributed by atoms with E-state index in [4.69, 9.17) is 4.74 Å². The number of hydrogen-bond donors (Lipinski definition) is 2. The molecule has 1 aromatic heterocycles. The maximum absolute atomic E-state index is 14.0. The van der Waals surface area contributed by atoms with Crippen molar-refractivity contribution in [3.63, 3.8) is 0 Å². The highest BCUT2D eigenvalue weighted by Gasteiger charge is 2.35. The maximum Gasteiger partial charge on any atom is 0.193 e. The van der Waals surface area contributed by atoms with Crippen molar-refractivity contribution in [2.45, 2.75) is 24.8 Å². The van der Waals surface area contributed by atoms with Gasteiger partial charge in [-0.15, -0.1) is 0 Å². The molecule has 0 amide bonds. The van der Waals surface area contributed by atoms with Crippen LogP contribution in [0.25, 0.3) is 11.3 Å². The average Bonchev–Trinajstić information content (AvgIpc) is 3.29. The number of imidazole rings is 1. The Bertz CT molecular complexity index is 1040. The second kappa shape index (κ2) is 9.96. The van der Waals surface area contributed by atoms with Gasteiger partial charge < -0.3 is 19.9 Å². The van der Waals surface area contributed by atoms with Crippen LogP contribution in [0.4, 0.5) is 4.39 Å². The lowest BCUT2D eigenvalue weighted by Crippen LogP contribution is -2.48. The largest absolute Gasteiger partial charge is 0.381 e. The van der Waals surface area contributed by atoms with Crippen LogP contribution in [-0.4, -0.2) is 54.7 Å². The fraction of sp³-hybridized carbons (Fsp3) is 0.360. The number of rotatable bonds is 6. The minimum absolute atomic E-state index is 0.192. The number of benzene rings is 2. The first-order chi connectivity index (χ1) is 15.6. The van der Waals surface area contributed by atoms with Gasteiger partial charge in [0.05, 0.1) is 18.4 Å². The summed E-state index contributed by atoms with van der Waals surface area (Å²) >= 11 is 0. The zero-order chi connectivity index (χ0) is 22.4. The molecule has 2 heterocycles. The Morgan fingerprint density at radius 1 is 1.19 bits per heavy atom. The topological polar surface area (TPSA) is 65.5 Å². The Morgan fingerprint density at radius 2 is 1.97 bits per heavy atom. The van der Waals surface area contributed by atoms with E-state index in [0.717, 1.165) is 41.4 Å². The van der Waals surface area contributed by atoms with Crippen molar-refractivity contribution >= 4 is 5.96 Å². The summed E-state index contributed by atoms with van der Waals surface area (Å²) in [7, 11) is 3.76. The first-order valence-corrected chi connectivity index (χ1v) is 10.9. The molecule has 168 valence electrons. The number of H-pyrrole nitrogens is 1. The number of aromatic nitrogens is 2. The summed E-state index contributed by atoms with van der Waals surface area (Å²) in [5, 5.41) is 3.51. The molecule has 0 radical (unpaired) electrons. The molecule has 0 aliphatic carbocycles. The van der Waals surface area contributed by atoms with Crippen molar-refractivity contribution in [3.8, 4) is 11.3 Å². The van der Waals surface area contributed by atoms with Gasteiger partial charge in [0, 0.05) is 39.3 Å². The Balaban J connectivity index is 1.44. The van der Waals surface area contributed by atoms with Crippen molar-refractivity contribution in [1.82, 2.24) is 20.2 Å². The van der Waals surface area contributed by atoms with Gasteiger partial charge in [-0.05, 0) is 36.1 Å². The van der Waals surface area contributed by atoms with E-state index in [2.05, 4.69) is 32.4 Å². The number of nitrogens with zero attached hydrogens (tertiary/aromatic N) is 3. The van der Waals surface area contributed by atoms with Gasteiger partial charge in [0.15, 0.2) is 5.96 Å². The third-order valence-corrected chi connectivity index (χ3v) is 6.15. The highest BCUT2D eigenvalue weighted by atomic mass is 19.1. The Morgan fingerprint density at radius 3 is 2.69 bits per heavy atom. The molecular formula is C25H30FN5O. The summed E-state index contributed by atoms with van der Waals surface area (Å²) < 4.78 is 19.6. The summed E-state index contributed by atoms with van der Waals surface area (Å²) in [6.45, 7) is 2.58. The van der Waals surface area contributed by atoms with Gasteiger partial charge in [-0.3, -0.25) is 4.99 Å². The standard InChI is InChI=1S/C25H30FN5O/c1-27-24(31(2)17-23-28-16-22(30-23)19-7-4-3-5-8-19)29-18-25(11-13-32-14-12-25)20-9-6-10-21(26)15-20/h3-10,15-16H,11-14,17-18H2,1-2H3,(H,27,29)(H,28,30). The number of aromatic amines is 1. The normalized spacial score (nSPS) is 16.0. The minimum atomic E-state index is -0.207. The lowest BCUT2D eigenvalue weighted by Gasteiger charge is -2.39. The zero-order valence-electron chi connectivity index (χ0n) is 18.6. The summed E-state index contributed by atoms with van der Waals surface area (Å²) in [4.78, 5) is 14.4. The molecule has 1 saturated heterocycles. The van der Waals surface area contributed by atoms with E-state index in [9.17, 15) is 4.39 Å². The molecule has 0 spiro atoms. The maximum atomic E-state index is 14.0. The first-order valence-electron chi connectivity index (χ1n) is 10.9. The number of nitrogens with one attached hydrogen (secondary N) is 2. The van der Waals surface area contributed by atoms with Crippen LogP contribution in [0, 0.1) is 5.82 Å². The molecule has 3 aromatic rings. The predicted molar refractivity (Wildman–Crippen MR) is 125 cm³/mol. The molecule has 2 aromatic carbocycles. The molecule has 0 atom stereocenters. The van der Waals surface area contributed by atoms with Crippen LogP contribution >= 0.6 is 0 Å². The fourth-order valence-electron chi connectivity index (χ4n) is 4.29. The monoisotopic (exact) mass is 435 g/mol. The predicted octanol–water partition coefficient (Wildman–Crippen LogP) is 3.97. The van der Waals surface area contributed by atoms with E-state index < -0.39 is 0 Å². The highest BCUT2D eigenvalue weighted by molar-refractivity contribution is 5.79. The number of ether oxygens (including phenoxy) is 1. The average molecular weight is 436 g/mol. The Labute approximate surface area is 188 Å². The van der Waals surface area contributed by atoms with E-state index in [-0.39, 0.29) is 11.2 Å². The molecule has 7 heteroatoms. The van der Waals surface area contributed by atoms with Crippen LogP contribution in [0.15, 0.2) is 65.8 Å². The molecule has 32 heavy (non-hydrogen) atoms. The molecule has 1 fully saturated rings. The van der Waals surface area contributed by atoms with Gasteiger partial charge in [0.1, 0.15) is 11.6 Å². The summed E-state index contributed by atoms with van der Waals surface area (Å²) in [5.41, 5.74) is 2.91. The summed E-state index contributed by atoms with van der Waals surface area (Å²) in [6.07, 6.45) is 3.53. The number of guanidine groups is 1. The van der Waals surface area contributed by atoms with Gasteiger partial charge in [-0.2, -0.15) is 0 Å². The van der Waals surface area contributed by atoms with Gasteiger partial charge >= 0.3 is 0 Å². The van der Waals surface area contributed by atoms with Gasteiger partial charge in [-0.1, -0.05) is 42.5 Å². The molecule has 0 unspecified atom stereocenters. The van der Waals surface area contributed by atoms with Crippen molar-refractivity contribution in [1.29, 1.82) is 0 Å². The van der Waals surface area contributed by atoms with Crippen LogP contribution < -0.4 is 5.32 Å². The summed E-state index contributed by atoms with van der Waals surface area (Å²) in [6, 6.07) is 17.1. The smallest absolute Gasteiger partial charge is 0.193 e. The lowest BCUT2D eigenvalue weighted by molar-refractivity contribution is 0.0511. The minimum Gasteiger partial charge on any atom is -0.381 e.